The van der Waals surface area contributed by atoms with E-state index in [1.807, 2.05) is 0 Å². The Hall–Kier alpha value is 0.320. The van der Waals surface area contributed by atoms with Gasteiger partial charge in [0.1, 0.15) is 20.2 Å². The van der Waals surface area contributed by atoms with Gasteiger partial charge in [0.25, 0.3) is 0 Å². The zero-order valence-corrected chi connectivity index (χ0v) is 16.9. The van der Waals surface area contributed by atoms with E-state index in [0.29, 0.717) is 6.07 Å². The Bertz CT molecular complexity index is 880. The Kier molecular flexibility index (Phi) is 7.37. The second-order valence-corrected chi connectivity index (χ2v) is 6.41. The van der Waals surface area contributed by atoms with E-state index in [0.717, 1.165) is 0 Å². The van der Waals surface area contributed by atoms with E-state index >= 15 is 0 Å². The number of nitrogen functional groups attached to an aromatic ring is 1. The van der Waals surface area contributed by atoms with Crippen LogP contribution >= 0.6 is 0 Å². The molecule has 2 aromatic rings. The Balaban J connectivity index is 0.00000200. The van der Waals surface area contributed by atoms with E-state index in [1.165, 1.54) is 24.3 Å². The van der Waals surface area contributed by atoms with E-state index in [-0.39, 0.29) is 69.9 Å². The molecule has 0 fully saturated rings. The summed E-state index contributed by atoms with van der Waals surface area (Å²) in [6.07, 6.45) is 0. The van der Waals surface area contributed by atoms with Crippen LogP contribution in [0.3, 0.4) is 0 Å². The largest absolute Gasteiger partial charge is 1.00 e. The SMILES string of the molecule is Nc1cc(S(=O)(=O)[O-])c2ccccc2c1S(=O)(=O)[O-].[Na+].[Na+]. The second-order valence-electron chi connectivity index (χ2n) is 3.75. The number of rotatable bonds is 2. The summed E-state index contributed by atoms with van der Waals surface area (Å²) < 4.78 is 66.9. The van der Waals surface area contributed by atoms with E-state index in [1.54, 1.807) is 0 Å². The molecule has 0 saturated carbocycles. The zero-order chi connectivity index (χ0) is 14.4. The topological polar surface area (TPSA) is 140 Å². The smallest absolute Gasteiger partial charge is 0.744 e. The molecule has 21 heavy (non-hydrogen) atoms. The van der Waals surface area contributed by atoms with Gasteiger partial charge in [0.2, 0.25) is 0 Å². The third kappa shape index (κ3) is 4.41. The molecule has 0 unspecified atom stereocenters. The minimum absolute atomic E-state index is 0. The molecule has 7 nitrogen and oxygen atoms in total. The van der Waals surface area contributed by atoms with Crippen LogP contribution in [0.2, 0.25) is 0 Å². The summed E-state index contributed by atoms with van der Waals surface area (Å²) in [5.41, 5.74) is 4.82. The van der Waals surface area contributed by atoms with Gasteiger partial charge in [0.05, 0.1) is 15.5 Å². The van der Waals surface area contributed by atoms with Crippen molar-refractivity contribution < 1.29 is 85.1 Å². The van der Waals surface area contributed by atoms with Crippen LogP contribution in [-0.2, 0) is 20.2 Å². The Labute approximate surface area is 166 Å². The summed E-state index contributed by atoms with van der Waals surface area (Å²) in [5, 5.41) is -0.340. The maximum absolute atomic E-state index is 11.2. The van der Waals surface area contributed by atoms with Gasteiger partial charge in [-0.05, 0) is 6.07 Å². The standard InChI is InChI=1S/C10H9NO6S2.2Na/c11-8-5-9(18(12,13)14)6-3-1-2-4-7(6)10(8)19(15,16)17;;/h1-5H,11H2,(H,12,13,14)(H,15,16,17);;/q;2*+1/p-2. The molecule has 0 amide bonds. The molecule has 0 heterocycles. The van der Waals surface area contributed by atoms with Gasteiger partial charge >= 0.3 is 59.1 Å². The van der Waals surface area contributed by atoms with E-state index in [9.17, 15) is 25.9 Å². The Morgan fingerprint density at radius 1 is 0.857 bits per heavy atom. The molecule has 0 spiro atoms. The number of fused-ring (bicyclic) bond motifs is 1. The van der Waals surface area contributed by atoms with E-state index in [2.05, 4.69) is 0 Å². The summed E-state index contributed by atoms with van der Waals surface area (Å²) in [7, 11) is -9.74. The fourth-order valence-corrected chi connectivity index (χ4v) is 3.34. The van der Waals surface area contributed by atoms with Gasteiger partial charge in [-0.1, -0.05) is 24.3 Å². The Morgan fingerprint density at radius 2 is 1.33 bits per heavy atom. The summed E-state index contributed by atoms with van der Waals surface area (Å²) in [6, 6.07) is 5.95. The van der Waals surface area contributed by atoms with E-state index in [4.69, 9.17) is 5.73 Å². The first-order chi connectivity index (χ1) is 8.62. The van der Waals surface area contributed by atoms with Crippen LogP contribution in [0.4, 0.5) is 5.69 Å². The van der Waals surface area contributed by atoms with Crippen molar-refractivity contribution in [3.8, 4) is 0 Å². The minimum atomic E-state index is -4.89. The van der Waals surface area contributed by atoms with Gasteiger partial charge in [-0.2, -0.15) is 0 Å². The van der Waals surface area contributed by atoms with Crippen LogP contribution in [-0.4, -0.2) is 25.9 Å². The van der Waals surface area contributed by atoms with Crippen LogP contribution in [0, 0.1) is 0 Å². The maximum Gasteiger partial charge on any atom is 1.00 e. The number of anilines is 1. The van der Waals surface area contributed by atoms with Crippen molar-refractivity contribution in [2.24, 2.45) is 0 Å². The first-order valence-electron chi connectivity index (χ1n) is 4.85. The molecule has 0 radical (unpaired) electrons. The Morgan fingerprint density at radius 3 is 1.76 bits per heavy atom. The molecule has 0 aliphatic carbocycles. The van der Waals surface area contributed by atoms with Crippen molar-refractivity contribution in [3.05, 3.63) is 30.3 Å². The van der Waals surface area contributed by atoms with Gasteiger partial charge in [-0.3, -0.25) is 0 Å². The van der Waals surface area contributed by atoms with Gasteiger partial charge in [0.15, 0.2) is 0 Å². The van der Waals surface area contributed by atoms with Crippen LogP contribution in [0.5, 0.6) is 0 Å². The van der Waals surface area contributed by atoms with Gasteiger partial charge in [-0.15, -0.1) is 0 Å². The second kappa shape index (κ2) is 7.26. The average molecular weight is 347 g/mol. The summed E-state index contributed by atoms with van der Waals surface area (Å²) in [5.74, 6) is 0. The predicted molar refractivity (Wildman–Crippen MR) is 64.3 cm³/mol. The zero-order valence-electron chi connectivity index (χ0n) is 11.2. The monoisotopic (exact) mass is 347 g/mol. The molecular weight excluding hydrogens is 340 g/mol. The number of hydrogen-bond acceptors (Lipinski definition) is 7. The molecule has 11 heteroatoms. The molecule has 2 rings (SSSR count). The number of nitrogens with two attached hydrogens (primary N) is 1. The maximum atomic E-state index is 11.2. The first-order valence-corrected chi connectivity index (χ1v) is 7.67. The van der Waals surface area contributed by atoms with Crippen molar-refractivity contribution in [1.29, 1.82) is 0 Å². The van der Waals surface area contributed by atoms with Crippen LogP contribution in [0.25, 0.3) is 10.8 Å². The molecule has 2 N–H and O–H groups in total. The number of hydrogen-bond donors (Lipinski definition) is 1. The third-order valence-corrected chi connectivity index (χ3v) is 4.34. The molecule has 0 aliphatic heterocycles. The van der Waals surface area contributed by atoms with Crippen molar-refractivity contribution in [3.63, 3.8) is 0 Å². The fourth-order valence-electron chi connectivity index (χ4n) is 1.82. The van der Waals surface area contributed by atoms with Crippen molar-refractivity contribution in [1.82, 2.24) is 0 Å². The third-order valence-electron chi connectivity index (χ3n) is 2.51. The van der Waals surface area contributed by atoms with E-state index < -0.39 is 35.7 Å². The predicted octanol–water partition coefficient (Wildman–Crippen LogP) is -5.76. The molecule has 0 aromatic heterocycles. The fraction of sp³-hybridized carbons (Fsp3) is 0. The molecule has 0 bridgehead atoms. The van der Waals surface area contributed by atoms with Crippen LogP contribution in [0.15, 0.2) is 40.1 Å². The minimum Gasteiger partial charge on any atom is -0.744 e. The number of benzene rings is 2. The van der Waals surface area contributed by atoms with Crippen molar-refractivity contribution in [2.75, 3.05) is 5.73 Å². The molecule has 0 atom stereocenters. The van der Waals surface area contributed by atoms with Crippen molar-refractivity contribution >= 4 is 36.7 Å². The molecule has 0 saturated heterocycles. The summed E-state index contributed by atoms with van der Waals surface area (Å²) in [6.45, 7) is 0. The summed E-state index contributed by atoms with van der Waals surface area (Å²) in [4.78, 5) is -1.39. The molecule has 102 valence electrons. The quantitative estimate of drug-likeness (QED) is 0.324. The molecule has 2 aromatic carbocycles. The van der Waals surface area contributed by atoms with Gasteiger partial charge in [0, 0.05) is 10.8 Å². The van der Waals surface area contributed by atoms with Crippen LogP contribution in [0.1, 0.15) is 0 Å². The van der Waals surface area contributed by atoms with Crippen LogP contribution < -0.4 is 64.8 Å². The van der Waals surface area contributed by atoms with Crippen molar-refractivity contribution in [2.45, 2.75) is 9.79 Å². The molecule has 0 aliphatic rings. The first kappa shape index (κ1) is 21.3. The molecular formula is C10H7NNa2O6S2. The average Bonchev–Trinajstić information content (AvgIpc) is 2.24. The van der Waals surface area contributed by atoms with Gasteiger partial charge < -0.3 is 14.8 Å². The normalized spacial score (nSPS) is 11.5. The van der Waals surface area contributed by atoms with Gasteiger partial charge in [-0.25, -0.2) is 16.8 Å². The summed E-state index contributed by atoms with van der Waals surface area (Å²) >= 11 is 0.